The van der Waals surface area contributed by atoms with E-state index < -0.39 is 39.2 Å². The molecule has 3 aliphatic heterocycles. The lowest BCUT2D eigenvalue weighted by atomic mass is 9.76. The number of aldehydes is 1. The van der Waals surface area contributed by atoms with Gasteiger partial charge in [-0.05, 0) is 24.8 Å². The maximum absolute atomic E-state index is 14.5. The van der Waals surface area contributed by atoms with Gasteiger partial charge in [-0.1, -0.05) is 32.1 Å². The van der Waals surface area contributed by atoms with Gasteiger partial charge in [-0.25, -0.2) is 8.42 Å². The SMILES string of the molecule is O=CCC(CC1CCCCC1)(C(=O)N1CCC2C1C(=O)CN2S(=O)(=O)c1cccc[n+]1[O-])N1CCOCC1. The van der Waals surface area contributed by atoms with Crippen LogP contribution in [0.3, 0.4) is 0 Å². The van der Waals surface area contributed by atoms with Crippen LogP contribution in [-0.2, 0) is 29.1 Å². The highest BCUT2D eigenvalue weighted by molar-refractivity contribution is 7.89. The standard InChI is InChI=1S/C26H36N4O7S/c31-15-10-26(27-13-16-37-17-14-27,18-20-6-2-1-3-7-20)25(33)28-12-9-21-24(28)22(32)19-30(21)38(35,36)23-8-4-5-11-29(23)34/h4-5,8,11,15,20-21,24H,1-3,6-7,9-10,12-14,16-19H2. The largest absolute Gasteiger partial charge is 0.618 e. The normalized spacial score (nSPS) is 27.3. The van der Waals surface area contributed by atoms with Crippen LogP contribution in [0.25, 0.3) is 0 Å². The first-order valence-electron chi connectivity index (χ1n) is 13.6. The Bertz CT molecular complexity index is 1170. The average molecular weight is 549 g/mol. The van der Waals surface area contributed by atoms with Gasteiger partial charge in [0.05, 0.1) is 25.8 Å². The quantitative estimate of drug-likeness (QED) is 0.261. The van der Waals surface area contributed by atoms with E-state index in [-0.39, 0.29) is 35.8 Å². The summed E-state index contributed by atoms with van der Waals surface area (Å²) in [5.74, 6) is -0.330. The first kappa shape index (κ1) is 27.2. The molecule has 38 heavy (non-hydrogen) atoms. The summed E-state index contributed by atoms with van der Waals surface area (Å²) >= 11 is 0. The summed E-state index contributed by atoms with van der Waals surface area (Å²) in [6.07, 6.45) is 8.12. The van der Waals surface area contributed by atoms with E-state index in [4.69, 9.17) is 4.74 Å². The van der Waals surface area contributed by atoms with Crippen molar-refractivity contribution in [1.29, 1.82) is 0 Å². The van der Waals surface area contributed by atoms with Crippen molar-refractivity contribution in [3.8, 4) is 0 Å². The number of carbonyl (C=O) groups excluding carboxylic acids is 3. The Labute approximate surface area is 223 Å². The molecule has 3 unspecified atom stereocenters. The first-order chi connectivity index (χ1) is 18.3. The van der Waals surface area contributed by atoms with Crippen LogP contribution in [0.15, 0.2) is 29.4 Å². The molecule has 0 bridgehead atoms. The number of ether oxygens (including phenoxy) is 1. The van der Waals surface area contributed by atoms with E-state index in [0.717, 1.165) is 42.5 Å². The van der Waals surface area contributed by atoms with Crippen molar-refractivity contribution in [2.75, 3.05) is 39.4 Å². The van der Waals surface area contributed by atoms with Crippen LogP contribution in [-0.4, -0.2) is 97.5 Å². The van der Waals surface area contributed by atoms with Gasteiger partial charge in [0.1, 0.15) is 17.9 Å². The van der Waals surface area contributed by atoms with Crippen molar-refractivity contribution in [3.63, 3.8) is 0 Å². The van der Waals surface area contributed by atoms with E-state index in [1.807, 2.05) is 0 Å². The Morgan fingerprint density at radius 3 is 2.55 bits per heavy atom. The molecule has 0 aromatic carbocycles. The number of pyridine rings is 1. The molecule has 4 heterocycles. The fourth-order valence-corrected chi connectivity index (χ4v) is 8.62. The summed E-state index contributed by atoms with van der Waals surface area (Å²) in [5.41, 5.74) is -1.09. The number of fused-ring (bicyclic) bond motifs is 1. The van der Waals surface area contributed by atoms with E-state index in [9.17, 15) is 28.0 Å². The third kappa shape index (κ3) is 4.76. The highest BCUT2D eigenvalue weighted by Gasteiger charge is 2.58. The lowest BCUT2D eigenvalue weighted by Crippen LogP contribution is -2.64. The lowest BCUT2D eigenvalue weighted by Gasteiger charge is -2.47. The Hall–Kier alpha value is -2.41. The molecule has 1 aromatic heterocycles. The first-order valence-corrected chi connectivity index (χ1v) is 15.0. The number of likely N-dealkylation sites (tertiary alicyclic amines) is 1. The highest BCUT2D eigenvalue weighted by Crippen LogP contribution is 2.40. The van der Waals surface area contributed by atoms with Crippen molar-refractivity contribution in [2.45, 2.75) is 74.0 Å². The number of hydrogen-bond acceptors (Lipinski definition) is 8. The van der Waals surface area contributed by atoms with Crippen molar-refractivity contribution in [1.82, 2.24) is 14.1 Å². The molecule has 3 saturated heterocycles. The monoisotopic (exact) mass is 548 g/mol. The second-order valence-corrected chi connectivity index (χ2v) is 12.7. The Morgan fingerprint density at radius 1 is 1.13 bits per heavy atom. The summed E-state index contributed by atoms with van der Waals surface area (Å²) in [6.45, 7) is 1.77. The minimum Gasteiger partial charge on any atom is -0.618 e. The number of Topliss-reactive ketones (excluding diaryl/α,β-unsaturated/α-hetero) is 1. The summed E-state index contributed by atoms with van der Waals surface area (Å²) in [6, 6.07) is 2.44. The van der Waals surface area contributed by atoms with Crippen LogP contribution in [0, 0.1) is 11.1 Å². The number of ketones is 1. The molecule has 1 aromatic rings. The molecule has 1 aliphatic carbocycles. The maximum atomic E-state index is 14.5. The number of nitrogens with zero attached hydrogens (tertiary/aromatic N) is 4. The second kappa shape index (κ2) is 11.0. The Morgan fingerprint density at radius 2 is 1.87 bits per heavy atom. The molecular formula is C26H36N4O7S. The number of carbonyl (C=O) groups is 3. The zero-order chi connectivity index (χ0) is 26.9. The molecule has 11 nitrogen and oxygen atoms in total. The van der Waals surface area contributed by atoms with Gasteiger partial charge in [-0.3, -0.25) is 14.5 Å². The molecular weight excluding hydrogens is 512 g/mol. The van der Waals surface area contributed by atoms with Gasteiger partial charge in [-0.2, -0.15) is 9.04 Å². The zero-order valence-corrected chi connectivity index (χ0v) is 22.4. The van der Waals surface area contributed by atoms with E-state index >= 15 is 0 Å². The van der Waals surface area contributed by atoms with Crippen molar-refractivity contribution in [2.24, 2.45) is 5.92 Å². The number of aromatic nitrogens is 1. The van der Waals surface area contributed by atoms with Gasteiger partial charge in [0.25, 0.3) is 0 Å². The Kier molecular flexibility index (Phi) is 7.86. The molecule has 208 valence electrons. The molecule has 0 spiro atoms. The molecule has 0 N–H and O–H groups in total. The van der Waals surface area contributed by atoms with E-state index in [0.29, 0.717) is 38.6 Å². The van der Waals surface area contributed by atoms with Crippen molar-refractivity contribution in [3.05, 3.63) is 29.6 Å². The number of morpholine rings is 1. The van der Waals surface area contributed by atoms with Crippen LogP contribution in [0.1, 0.15) is 51.4 Å². The highest BCUT2D eigenvalue weighted by atomic mass is 32.2. The smallest absolute Gasteiger partial charge is 0.323 e. The van der Waals surface area contributed by atoms with E-state index in [1.165, 1.54) is 29.5 Å². The topological polar surface area (TPSA) is 131 Å². The number of hydrogen-bond donors (Lipinski definition) is 0. The van der Waals surface area contributed by atoms with Gasteiger partial charge < -0.3 is 19.6 Å². The summed E-state index contributed by atoms with van der Waals surface area (Å²) in [4.78, 5) is 43.5. The summed E-state index contributed by atoms with van der Waals surface area (Å²) in [5, 5.41) is 11.8. The predicted molar refractivity (Wildman–Crippen MR) is 135 cm³/mol. The number of rotatable bonds is 8. The molecule has 1 amide bonds. The van der Waals surface area contributed by atoms with Crippen molar-refractivity contribution >= 4 is 28.0 Å². The van der Waals surface area contributed by atoms with Crippen molar-refractivity contribution < 1.29 is 32.3 Å². The van der Waals surface area contributed by atoms with E-state index in [1.54, 1.807) is 0 Å². The van der Waals surface area contributed by atoms with Gasteiger partial charge in [0.2, 0.25) is 5.91 Å². The van der Waals surface area contributed by atoms with Gasteiger partial charge in [0.15, 0.2) is 12.0 Å². The third-order valence-electron chi connectivity index (χ3n) is 8.79. The second-order valence-electron chi connectivity index (χ2n) is 10.9. The van der Waals surface area contributed by atoms with Crippen LogP contribution in [0.2, 0.25) is 0 Å². The van der Waals surface area contributed by atoms with Crippen LogP contribution in [0.4, 0.5) is 0 Å². The van der Waals surface area contributed by atoms with Crippen LogP contribution < -0.4 is 4.73 Å². The van der Waals surface area contributed by atoms with Gasteiger partial charge in [0, 0.05) is 38.2 Å². The fraction of sp³-hybridized carbons (Fsp3) is 0.692. The summed E-state index contributed by atoms with van der Waals surface area (Å²) < 4.78 is 33.7. The number of sulfonamides is 1. The molecule has 4 fully saturated rings. The lowest BCUT2D eigenvalue weighted by molar-refractivity contribution is -0.646. The van der Waals surface area contributed by atoms with Crippen LogP contribution >= 0.6 is 0 Å². The fourth-order valence-electron chi connectivity index (χ4n) is 6.97. The Balaban J connectivity index is 1.46. The summed E-state index contributed by atoms with van der Waals surface area (Å²) in [7, 11) is -4.25. The zero-order valence-electron chi connectivity index (χ0n) is 21.6. The van der Waals surface area contributed by atoms with Gasteiger partial charge in [-0.15, -0.1) is 0 Å². The third-order valence-corrected chi connectivity index (χ3v) is 10.6. The molecule has 0 radical (unpaired) electrons. The molecule has 3 atom stereocenters. The molecule has 4 aliphatic rings. The predicted octanol–water partition coefficient (Wildman–Crippen LogP) is 0.493. The molecule has 1 saturated carbocycles. The molecule has 5 rings (SSSR count). The number of amides is 1. The maximum Gasteiger partial charge on any atom is 0.323 e. The average Bonchev–Trinajstić information content (AvgIpc) is 3.50. The minimum atomic E-state index is -4.25. The van der Waals surface area contributed by atoms with E-state index in [2.05, 4.69) is 4.90 Å². The molecule has 12 heteroatoms. The van der Waals surface area contributed by atoms with Gasteiger partial charge >= 0.3 is 15.0 Å². The van der Waals surface area contributed by atoms with Crippen LogP contribution in [0.5, 0.6) is 0 Å². The minimum absolute atomic E-state index is 0.0205.